The zero-order valence-corrected chi connectivity index (χ0v) is 14.2. The third-order valence-electron chi connectivity index (χ3n) is 3.15. The summed E-state index contributed by atoms with van der Waals surface area (Å²) in [6.45, 7) is 5.67. The van der Waals surface area contributed by atoms with Crippen molar-refractivity contribution < 1.29 is 4.79 Å². The lowest BCUT2D eigenvalue weighted by Crippen LogP contribution is -2.13. The normalized spacial score (nSPS) is 10.2. The van der Waals surface area contributed by atoms with Gasteiger partial charge in [0.25, 0.3) is 0 Å². The number of rotatable bonds is 5. The molecule has 0 aliphatic carbocycles. The highest BCUT2D eigenvalue weighted by Gasteiger charge is 2.10. The van der Waals surface area contributed by atoms with Crippen LogP contribution in [0.4, 0.5) is 5.82 Å². The Balaban J connectivity index is 1.93. The minimum atomic E-state index is -0.0986. The predicted molar refractivity (Wildman–Crippen MR) is 91.4 cm³/mol. The zero-order valence-electron chi connectivity index (χ0n) is 13.4. The topological polar surface area (TPSA) is 78.7 Å². The Morgan fingerprint density at radius 1 is 1.26 bits per heavy atom. The molecule has 2 rings (SSSR count). The fraction of sp³-hybridized carbons (Fsp3) is 0.294. The highest BCUT2D eigenvalue weighted by molar-refractivity contribution is 7.99. The number of carbonyl (C=O) groups is 1. The molecule has 1 N–H and O–H groups in total. The van der Waals surface area contributed by atoms with Crippen LogP contribution >= 0.6 is 11.8 Å². The molecule has 0 saturated heterocycles. The molecule has 0 aromatic carbocycles. The van der Waals surface area contributed by atoms with E-state index in [1.807, 2.05) is 39.0 Å². The number of hydrogen-bond donors (Lipinski definition) is 1. The van der Waals surface area contributed by atoms with Gasteiger partial charge in [0, 0.05) is 23.6 Å². The van der Waals surface area contributed by atoms with E-state index in [9.17, 15) is 10.1 Å². The molecule has 0 saturated carbocycles. The Kier molecular flexibility index (Phi) is 5.72. The highest BCUT2D eigenvalue weighted by Crippen LogP contribution is 2.24. The highest BCUT2D eigenvalue weighted by atomic mass is 32.2. The SMILES string of the molecule is Cc1cccc(NC(=O)CCSc2nc(C)cc(C)c2C#N)n1. The molecule has 0 atom stereocenters. The lowest BCUT2D eigenvalue weighted by molar-refractivity contribution is -0.115. The fourth-order valence-electron chi connectivity index (χ4n) is 2.10. The first-order valence-corrected chi connectivity index (χ1v) is 8.23. The quantitative estimate of drug-likeness (QED) is 0.852. The van der Waals surface area contributed by atoms with Gasteiger partial charge in [-0.25, -0.2) is 9.97 Å². The molecule has 23 heavy (non-hydrogen) atoms. The van der Waals surface area contributed by atoms with E-state index >= 15 is 0 Å². The van der Waals surface area contributed by atoms with Gasteiger partial charge in [0.2, 0.25) is 5.91 Å². The average Bonchev–Trinajstić information content (AvgIpc) is 2.46. The van der Waals surface area contributed by atoms with E-state index in [1.165, 1.54) is 11.8 Å². The number of nitrogens with zero attached hydrogens (tertiary/aromatic N) is 3. The van der Waals surface area contributed by atoms with E-state index in [0.29, 0.717) is 28.6 Å². The maximum absolute atomic E-state index is 12.0. The van der Waals surface area contributed by atoms with Crippen LogP contribution in [-0.2, 0) is 4.79 Å². The number of nitriles is 1. The summed E-state index contributed by atoms with van der Waals surface area (Å²) in [5, 5.41) is 12.7. The summed E-state index contributed by atoms with van der Waals surface area (Å²) in [6, 6.07) is 9.56. The summed E-state index contributed by atoms with van der Waals surface area (Å²) in [5.41, 5.74) is 3.23. The Morgan fingerprint density at radius 3 is 2.74 bits per heavy atom. The largest absolute Gasteiger partial charge is 0.311 e. The number of anilines is 1. The monoisotopic (exact) mass is 326 g/mol. The van der Waals surface area contributed by atoms with Crippen molar-refractivity contribution in [2.75, 3.05) is 11.1 Å². The Hall–Kier alpha value is -2.39. The van der Waals surface area contributed by atoms with Crippen molar-refractivity contribution in [3.05, 3.63) is 46.8 Å². The second-order valence-electron chi connectivity index (χ2n) is 5.18. The number of aromatic nitrogens is 2. The van der Waals surface area contributed by atoms with Crippen LogP contribution in [0.1, 0.15) is 28.9 Å². The van der Waals surface area contributed by atoms with Gasteiger partial charge < -0.3 is 5.32 Å². The van der Waals surface area contributed by atoms with Gasteiger partial charge >= 0.3 is 0 Å². The third kappa shape index (κ3) is 4.80. The molecule has 5 nitrogen and oxygen atoms in total. The molecule has 0 bridgehead atoms. The molecule has 1 amide bonds. The first-order valence-electron chi connectivity index (χ1n) is 7.24. The third-order valence-corrected chi connectivity index (χ3v) is 4.12. The first-order chi connectivity index (χ1) is 11.0. The molecule has 2 heterocycles. The second kappa shape index (κ2) is 7.75. The van der Waals surface area contributed by atoms with Crippen molar-refractivity contribution in [2.45, 2.75) is 32.2 Å². The van der Waals surface area contributed by atoms with E-state index in [4.69, 9.17) is 0 Å². The first kappa shape index (κ1) is 17.0. The summed E-state index contributed by atoms with van der Waals surface area (Å²) in [6.07, 6.45) is 0.333. The number of carbonyl (C=O) groups excluding carboxylic acids is 1. The summed E-state index contributed by atoms with van der Waals surface area (Å²) in [7, 11) is 0. The average molecular weight is 326 g/mol. The number of aryl methyl sites for hydroxylation is 3. The van der Waals surface area contributed by atoms with E-state index in [2.05, 4.69) is 21.4 Å². The predicted octanol–water partition coefficient (Wildman–Crippen LogP) is 3.39. The molecule has 0 unspecified atom stereocenters. The van der Waals surface area contributed by atoms with Crippen molar-refractivity contribution in [2.24, 2.45) is 0 Å². The minimum Gasteiger partial charge on any atom is -0.311 e. The lowest BCUT2D eigenvalue weighted by Gasteiger charge is -2.08. The molecule has 118 valence electrons. The van der Waals surface area contributed by atoms with Gasteiger partial charge in [-0.2, -0.15) is 5.26 Å². The van der Waals surface area contributed by atoms with Crippen LogP contribution < -0.4 is 5.32 Å². The minimum absolute atomic E-state index is 0.0986. The van der Waals surface area contributed by atoms with Crippen LogP contribution in [0.5, 0.6) is 0 Å². The van der Waals surface area contributed by atoms with Crippen LogP contribution in [0.25, 0.3) is 0 Å². The lowest BCUT2D eigenvalue weighted by atomic mass is 10.1. The molecule has 6 heteroatoms. The Bertz CT molecular complexity index is 768. The fourth-order valence-corrected chi connectivity index (χ4v) is 3.14. The van der Waals surface area contributed by atoms with Crippen molar-refractivity contribution in [3.8, 4) is 6.07 Å². The van der Waals surface area contributed by atoms with Gasteiger partial charge in [-0.1, -0.05) is 6.07 Å². The van der Waals surface area contributed by atoms with Gasteiger partial charge in [0.05, 0.1) is 5.56 Å². The van der Waals surface area contributed by atoms with Gasteiger partial charge in [-0.15, -0.1) is 11.8 Å². The standard InChI is InChI=1S/C17H18N4OS/c1-11-9-13(3)20-17(14(11)10-18)23-8-7-16(22)21-15-6-4-5-12(2)19-15/h4-6,9H,7-8H2,1-3H3,(H,19,21,22). The number of thioether (sulfide) groups is 1. The Morgan fingerprint density at radius 2 is 2.04 bits per heavy atom. The van der Waals surface area contributed by atoms with Crippen LogP contribution in [0.15, 0.2) is 29.3 Å². The van der Waals surface area contributed by atoms with E-state index in [0.717, 1.165) is 17.0 Å². The smallest absolute Gasteiger partial charge is 0.226 e. The van der Waals surface area contributed by atoms with Crippen molar-refractivity contribution >= 4 is 23.5 Å². The summed E-state index contributed by atoms with van der Waals surface area (Å²) < 4.78 is 0. The van der Waals surface area contributed by atoms with Crippen LogP contribution in [0.2, 0.25) is 0 Å². The number of amides is 1. The van der Waals surface area contributed by atoms with Crippen LogP contribution in [-0.4, -0.2) is 21.6 Å². The molecule has 0 fully saturated rings. The maximum Gasteiger partial charge on any atom is 0.226 e. The molecular formula is C17H18N4OS. The zero-order chi connectivity index (χ0) is 16.8. The molecule has 0 aliphatic heterocycles. The summed E-state index contributed by atoms with van der Waals surface area (Å²) in [5.74, 6) is 1.02. The van der Waals surface area contributed by atoms with E-state index in [-0.39, 0.29) is 5.91 Å². The van der Waals surface area contributed by atoms with Gasteiger partial charge in [-0.3, -0.25) is 4.79 Å². The van der Waals surface area contributed by atoms with Crippen molar-refractivity contribution in [3.63, 3.8) is 0 Å². The van der Waals surface area contributed by atoms with Crippen LogP contribution in [0, 0.1) is 32.1 Å². The van der Waals surface area contributed by atoms with Crippen molar-refractivity contribution in [1.29, 1.82) is 5.26 Å². The van der Waals surface area contributed by atoms with Crippen molar-refractivity contribution in [1.82, 2.24) is 9.97 Å². The second-order valence-corrected chi connectivity index (χ2v) is 6.27. The molecule has 2 aromatic heterocycles. The molecular weight excluding hydrogens is 308 g/mol. The summed E-state index contributed by atoms with van der Waals surface area (Å²) in [4.78, 5) is 20.6. The summed E-state index contributed by atoms with van der Waals surface area (Å²) >= 11 is 1.43. The molecule has 0 radical (unpaired) electrons. The number of nitrogens with one attached hydrogen (secondary N) is 1. The molecule has 0 aliphatic rings. The van der Waals surface area contributed by atoms with Gasteiger partial charge in [0.15, 0.2) is 0 Å². The number of hydrogen-bond acceptors (Lipinski definition) is 5. The number of pyridine rings is 2. The Labute approximate surface area is 140 Å². The van der Waals surface area contributed by atoms with Gasteiger partial charge in [-0.05, 0) is 44.5 Å². The molecule has 2 aromatic rings. The van der Waals surface area contributed by atoms with Crippen LogP contribution in [0.3, 0.4) is 0 Å². The molecule has 0 spiro atoms. The van der Waals surface area contributed by atoms with Gasteiger partial charge in [0.1, 0.15) is 16.9 Å². The maximum atomic E-state index is 12.0. The van der Waals surface area contributed by atoms with E-state index in [1.54, 1.807) is 6.07 Å². The van der Waals surface area contributed by atoms with E-state index < -0.39 is 0 Å².